The maximum absolute atomic E-state index is 12.9. The molecule has 0 fully saturated rings. The number of nitriles is 1. The Morgan fingerprint density at radius 2 is 2.00 bits per heavy atom. The number of benzene rings is 1. The lowest BCUT2D eigenvalue weighted by molar-refractivity contribution is -0.145. The molecule has 0 saturated carbocycles. The van der Waals surface area contributed by atoms with Crippen LogP contribution in [0.3, 0.4) is 0 Å². The van der Waals surface area contributed by atoms with Gasteiger partial charge in [0, 0.05) is 34.9 Å². The van der Waals surface area contributed by atoms with Crippen LogP contribution >= 0.6 is 0 Å². The first kappa shape index (κ1) is 19.9. The van der Waals surface area contributed by atoms with Gasteiger partial charge < -0.3 is 9.30 Å². The molecule has 0 spiro atoms. The Labute approximate surface area is 169 Å². The normalized spacial score (nSPS) is 11.3. The van der Waals surface area contributed by atoms with Crippen LogP contribution in [-0.4, -0.2) is 22.1 Å². The van der Waals surface area contributed by atoms with E-state index in [-0.39, 0.29) is 6.61 Å². The quantitative estimate of drug-likeness (QED) is 0.470. The summed E-state index contributed by atoms with van der Waals surface area (Å²) in [7, 11) is 0. The summed E-state index contributed by atoms with van der Waals surface area (Å²) >= 11 is 0. The number of hydrogen-bond donors (Lipinski definition) is 0. The van der Waals surface area contributed by atoms with Crippen LogP contribution in [0.1, 0.15) is 35.5 Å². The average Bonchev–Trinajstić information content (AvgIpc) is 2.99. The first-order chi connectivity index (χ1) is 14.0. The molecule has 0 aliphatic carbocycles. The Hall–Kier alpha value is -3.90. The fourth-order valence-electron chi connectivity index (χ4n) is 3.58. The minimum Gasteiger partial charge on any atom is -0.464 e. The molecule has 144 valence electrons. The molecule has 0 saturated heterocycles. The van der Waals surface area contributed by atoms with Crippen molar-refractivity contribution in [2.75, 3.05) is 6.61 Å². The van der Waals surface area contributed by atoms with Gasteiger partial charge in [0.15, 0.2) is 11.7 Å². The van der Waals surface area contributed by atoms with Crippen molar-refractivity contribution in [3.05, 3.63) is 82.7 Å². The van der Waals surface area contributed by atoms with E-state index in [4.69, 9.17) is 11.3 Å². The number of carbonyl (C=O) groups is 1. The highest BCUT2D eigenvalue weighted by molar-refractivity contribution is 5.81. The summed E-state index contributed by atoms with van der Waals surface area (Å²) in [6, 6.07) is 12.2. The van der Waals surface area contributed by atoms with E-state index >= 15 is 0 Å². The highest BCUT2D eigenvalue weighted by Crippen LogP contribution is 2.36. The molecule has 0 amide bonds. The van der Waals surface area contributed by atoms with Gasteiger partial charge in [-0.25, -0.2) is 9.64 Å². The summed E-state index contributed by atoms with van der Waals surface area (Å²) in [6.07, 6.45) is 3.28. The largest absolute Gasteiger partial charge is 0.464 e. The highest BCUT2D eigenvalue weighted by Gasteiger charge is 2.30. The zero-order valence-corrected chi connectivity index (χ0v) is 16.5. The van der Waals surface area contributed by atoms with Gasteiger partial charge in [-0.2, -0.15) is 5.26 Å². The minimum absolute atomic E-state index is 0.255. The molecule has 2 aromatic heterocycles. The number of aromatic nitrogens is 2. The lowest BCUT2D eigenvalue weighted by Gasteiger charge is -2.21. The number of esters is 1. The molecule has 6 heteroatoms. The standard InChI is InChI=1S/C23H20N4O2/c1-5-29-23(28)22(18-7-6-12-26-14-18)27-15(2)20(13-24)21(16(27)3)17-8-10-19(25-4)11-9-17/h6-12,14,22H,5H2,1-3H3. The van der Waals surface area contributed by atoms with E-state index in [0.29, 0.717) is 22.5 Å². The number of carbonyl (C=O) groups excluding carboxylic acids is 1. The molecule has 1 aromatic carbocycles. The summed E-state index contributed by atoms with van der Waals surface area (Å²) in [5, 5.41) is 9.85. The molecule has 1 unspecified atom stereocenters. The number of pyridine rings is 1. The Morgan fingerprint density at radius 1 is 1.28 bits per heavy atom. The summed E-state index contributed by atoms with van der Waals surface area (Å²) in [6.45, 7) is 12.9. The smallest absolute Gasteiger partial charge is 0.333 e. The first-order valence-electron chi connectivity index (χ1n) is 9.19. The van der Waals surface area contributed by atoms with E-state index < -0.39 is 12.0 Å². The number of nitrogens with zero attached hydrogens (tertiary/aromatic N) is 4. The van der Waals surface area contributed by atoms with Gasteiger partial charge in [-0.05, 0) is 32.4 Å². The molecular weight excluding hydrogens is 364 g/mol. The molecule has 0 aliphatic rings. The second kappa shape index (κ2) is 8.41. The minimum atomic E-state index is -0.744. The van der Waals surface area contributed by atoms with Crippen LogP contribution in [-0.2, 0) is 9.53 Å². The van der Waals surface area contributed by atoms with Crippen LogP contribution in [0.15, 0.2) is 48.8 Å². The third kappa shape index (κ3) is 3.61. The first-order valence-corrected chi connectivity index (χ1v) is 9.19. The van der Waals surface area contributed by atoms with Gasteiger partial charge in [-0.1, -0.05) is 30.3 Å². The van der Waals surface area contributed by atoms with Gasteiger partial charge in [0.2, 0.25) is 0 Å². The fraction of sp³-hybridized carbons (Fsp3) is 0.217. The fourth-order valence-corrected chi connectivity index (χ4v) is 3.58. The lowest BCUT2D eigenvalue weighted by Crippen LogP contribution is -2.25. The Balaban J connectivity index is 2.25. The molecule has 29 heavy (non-hydrogen) atoms. The Kier molecular flexibility index (Phi) is 5.76. The van der Waals surface area contributed by atoms with Crippen molar-refractivity contribution >= 4 is 11.7 Å². The van der Waals surface area contributed by atoms with Crippen LogP contribution in [0.2, 0.25) is 0 Å². The van der Waals surface area contributed by atoms with E-state index in [0.717, 1.165) is 16.8 Å². The van der Waals surface area contributed by atoms with Crippen molar-refractivity contribution in [2.24, 2.45) is 0 Å². The molecule has 1 atom stereocenters. The van der Waals surface area contributed by atoms with Gasteiger partial charge in [0.25, 0.3) is 0 Å². The molecule has 6 nitrogen and oxygen atoms in total. The van der Waals surface area contributed by atoms with Crippen LogP contribution in [0.25, 0.3) is 16.0 Å². The molecule has 0 aliphatic heterocycles. The Morgan fingerprint density at radius 3 is 2.55 bits per heavy atom. The van der Waals surface area contributed by atoms with Crippen LogP contribution in [0.4, 0.5) is 5.69 Å². The van der Waals surface area contributed by atoms with Gasteiger partial charge in [-0.3, -0.25) is 4.98 Å². The summed E-state index contributed by atoms with van der Waals surface area (Å²) in [4.78, 5) is 20.5. The number of ether oxygens (including phenoxy) is 1. The molecule has 3 rings (SSSR count). The van der Waals surface area contributed by atoms with Crippen molar-refractivity contribution in [1.82, 2.24) is 9.55 Å². The zero-order valence-electron chi connectivity index (χ0n) is 16.5. The van der Waals surface area contributed by atoms with E-state index in [9.17, 15) is 10.1 Å². The van der Waals surface area contributed by atoms with E-state index in [1.165, 1.54) is 0 Å². The third-order valence-electron chi connectivity index (χ3n) is 4.86. The maximum atomic E-state index is 12.9. The summed E-state index contributed by atoms with van der Waals surface area (Å²) in [5.41, 5.74) is 4.73. The van der Waals surface area contributed by atoms with E-state index in [2.05, 4.69) is 15.9 Å². The van der Waals surface area contributed by atoms with Crippen LogP contribution < -0.4 is 0 Å². The molecule has 0 bridgehead atoms. The van der Waals surface area contributed by atoms with Gasteiger partial charge in [0.05, 0.1) is 18.7 Å². The second-order valence-corrected chi connectivity index (χ2v) is 6.50. The van der Waals surface area contributed by atoms with Crippen LogP contribution in [0.5, 0.6) is 0 Å². The van der Waals surface area contributed by atoms with Crippen LogP contribution in [0, 0.1) is 31.8 Å². The lowest BCUT2D eigenvalue weighted by atomic mass is 10.0. The molecule has 2 heterocycles. The number of hydrogen-bond acceptors (Lipinski definition) is 4. The second-order valence-electron chi connectivity index (χ2n) is 6.50. The van der Waals surface area contributed by atoms with Gasteiger partial charge >= 0.3 is 5.97 Å². The van der Waals surface area contributed by atoms with Crippen molar-refractivity contribution in [3.8, 4) is 17.2 Å². The van der Waals surface area contributed by atoms with Gasteiger partial charge in [-0.15, -0.1) is 0 Å². The Bertz CT molecular complexity index is 1120. The molecule has 0 radical (unpaired) electrons. The third-order valence-corrected chi connectivity index (χ3v) is 4.86. The molecular formula is C23H20N4O2. The predicted octanol–water partition coefficient (Wildman–Crippen LogP) is 4.74. The summed E-state index contributed by atoms with van der Waals surface area (Å²) < 4.78 is 7.18. The number of rotatable bonds is 5. The van der Waals surface area contributed by atoms with Crippen molar-refractivity contribution in [2.45, 2.75) is 26.8 Å². The maximum Gasteiger partial charge on any atom is 0.333 e. The van der Waals surface area contributed by atoms with Crippen molar-refractivity contribution in [3.63, 3.8) is 0 Å². The van der Waals surface area contributed by atoms with Gasteiger partial charge in [0.1, 0.15) is 6.07 Å². The van der Waals surface area contributed by atoms with Crippen molar-refractivity contribution in [1.29, 1.82) is 5.26 Å². The average molecular weight is 384 g/mol. The molecule has 3 aromatic rings. The summed E-state index contributed by atoms with van der Waals surface area (Å²) in [5.74, 6) is -0.402. The molecule has 0 N–H and O–H groups in total. The zero-order chi connectivity index (χ0) is 21.0. The predicted molar refractivity (Wildman–Crippen MR) is 109 cm³/mol. The monoisotopic (exact) mass is 384 g/mol. The van der Waals surface area contributed by atoms with E-state index in [1.807, 2.05) is 36.6 Å². The van der Waals surface area contributed by atoms with Crippen molar-refractivity contribution < 1.29 is 9.53 Å². The SMILES string of the molecule is [C-]#[N+]c1ccc(-c2c(C#N)c(C)n(C(C(=O)OCC)c3cccnc3)c2C)cc1. The van der Waals surface area contributed by atoms with E-state index in [1.54, 1.807) is 37.5 Å². The topological polar surface area (TPSA) is 72.3 Å². The highest BCUT2D eigenvalue weighted by atomic mass is 16.5.